The number of nitrogens with one attached hydrogen (secondary N) is 2. The topological polar surface area (TPSA) is 95.5 Å². The van der Waals surface area contributed by atoms with Crippen molar-refractivity contribution >= 4 is 29.7 Å². The van der Waals surface area contributed by atoms with Crippen LogP contribution < -0.4 is 10.6 Å². The van der Waals surface area contributed by atoms with Crippen LogP contribution in [0.15, 0.2) is 23.1 Å². The standard InChI is InChI=1S/C14H18N2O4S/c1-3-6-15-14(20)16-12(17)8-21-10-5-4-9(2)11(7-10)13(18)19/h4-5,7H,3,6,8H2,1-2H3,(H,18,19)(H2,15,16,17,20). The van der Waals surface area contributed by atoms with E-state index in [9.17, 15) is 14.4 Å². The van der Waals surface area contributed by atoms with E-state index in [2.05, 4.69) is 10.6 Å². The molecule has 0 spiro atoms. The van der Waals surface area contributed by atoms with E-state index >= 15 is 0 Å². The number of hydrogen-bond acceptors (Lipinski definition) is 4. The molecular weight excluding hydrogens is 292 g/mol. The summed E-state index contributed by atoms with van der Waals surface area (Å²) in [5, 5.41) is 13.8. The van der Waals surface area contributed by atoms with Gasteiger partial charge in [-0.25, -0.2) is 9.59 Å². The van der Waals surface area contributed by atoms with Crippen LogP contribution in [0.1, 0.15) is 29.3 Å². The van der Waals surface area contributed by atoms with Gasteiger partial charge in [-0.3, -0.25) is 10.1 Å². The molecule has 0 aliphatic carbocycles. The summed E-state index contributed by atoms with van der Waals surface area (Å²) in [6.07, 6.45) is 0.789. The zero-order chi connectivity index (χ0) is 15.8. The Hall–Kier alpha value is -2.02. The molecule has 0 bridgehead atoms. The van der Waals surface area contributed by atoms with Crippen molar-refractivity contribution in [2.75, 3.05) is 12.3 Å². The van der Waals surface area contributed by atoms with Crippen LogP contribution in [0.5, 0.6) is 0 Å². The van der Waals surface area contributed by atoms with Gasteiger partial charge in [-0.2, -0.15) is 0 Å². The molecule has 1 aromatic rings. The summed E-state index contributed by atoms with van der Waals surface area (Å²) in [5.74, 6) is -1.38. The summed E-state index contributed by atoms with van der Waals surface area (Å²) in [6.45, 7) is 4.13. The Bertz CT molecular complexity index is 546. The highest BCUT2D eigenvalue weighted by atomic mass is 32.2. The molecule has 7 heteroatoms. The van der Waals surface area contributed by atoms with Gasteiger partial charge in [0, 0.05) is 11.4 Å². The van der Waals surface area contributed by atoms with Crippen LogP contribution in [-0.2, 0) is 4.79 Å². The maximum Gasteiger partial charge on any atom is 0.335 e. The molecule has 3 N–H and O–H groups in total. The molecule has 114 valence electrons. The molecule has 0 unspecified atom stereocenters. The SMILES string of the molecule is CCCNC(=O)NC(=O)CSc1ccc(C)c(C(=O)O)c1. The third kappa shape index (κ3) is 5.86. The molecule has 0 heterocycles. The number of carboxylic acid groups (broad SMARTS) is 1. The first-order valence-corrected chi connectivity index (χ1v) is 7.47. The van der Waals surface area contributed by atoms with E-state index in [4.69, 9.17) is 5.11 Å². The lowest BCUT2D eigenvalue weighted by atomic mass is 10.1. The normalized spacial score (nSPS) is 10.0. The van der Waals surface area contributed by atoms with Gasteiger partial charge in [0.1, 0.15) is 0 Å². The van der Waals surface area contributed by atoms with Gasteiger partial charge in [0.2, 0.25) is 5.91 Å². The predicted molar refractivity (Wildman–Crippen MR) is 80.7 cm³/mol. The second kappa shape index (κ2) is 8.31. The lowest BCUT2D eigenvalue weighted by molar-refractivity contribution is -0.117. The highest BCUT2D eigenvalue weighted by Crippen LogP contribution is 2.21. The summed E-state index contributed by atoms with van der Waals surface area (Å²) in [7, 11) is 0. The fourth-order valence-corrected chi connectivity index (χ4v) is 2.25. The van der Waals surface area contributed by atoms with Crippen molar-refractivity contribution in [1.29, 1.82) is 0 Å². The Labute approximate surface area is 127 Å². The van der Waals surface area contributed by atoms with E-state index in [1.807, 2.05) is 6.92 Å². The van der Waals surface area contributed by atoms with Crippen molar-refractivity contribution < 1.29 is 19.5 Å². The van der Waals surface area contributed by atoms with Crippen LogP contribution in [0.25, 0.3) is 0 Å². The molecule has 0 aliphatic rings. The van der Waals surface area contributed by atoms with Gasteiger partial charge >= 0.3 is 12.0 Å². The Balaban J connectivity index is 2.52. The van der Waals surface area contributed by atoms with Gasteiger partial charge in [0.05, 0.1) is 11.3 Å². The monoisotopic (exact) mass is 310 g/mol. The fourth-order valence-electron chi connectivity index (χ4n) is 1.52. The van der Waals surface area contributed by atoms with E-state index in [0.29, 0.717) is 17.0 Å². The molecule has 6 nitrogen and oxygen atoms in total. The van der Waals surface area contributed by atoms with E-state index in [1.54, 1.807) is 19.1 Å². The van der Waals surface area contributed by atoms with Gasteiger partial charge < -0.3 is 10.4 Å². The quantitative estimate of drug-likeness (QED) is 0.699. The van der Waals surface area contributed by atoms with Crippen molar-refractivity contribution in [3.63, 3.8) is 0 Å². The van der Waals surface area contributed by atoms with Gasteiger partial charge in [-0.1, -0.05) is 13.0 Å². The molecule has 0 saturated heterocycles. The number of carbonyl (C=O) groups excluding carboxylic acids is 2. The Morgan fingerprint density at radius 3 is 2.62 bits per heavy atom. The predicted octanol–water partition coefficient (Wildman–Crippen LogP) is 2.02. The van der Waals surface area contributed by atoms with Crippen molar-refractivity contribution in [3.05, 3.63) is 29.3 Å². The number of benzene rings is 1. The summed E-state index contributed by atoms with van der Waals surface area (Å²) >= 11 is 1.18. The first kappa shape index (κ1) is 17.0. The lowest BCUT2D eigenvalue weighted by Gasteiger charge is -2.07. The van der Waals surface area contributed by atoms with Crippen LogP contribution in [0.4, 0.5) is 4.79 Å². The molecular formula is C14H18N2O4S. The Morgan fingerprint density at radius 1 is 1.29 bits per heavy atom. The van der Waals surface area contributed by atoms with Gasteiger partial charge in [-0.05, 0) is 31.0 Å². The first-order chi connectivity index (χ1) is 9.93. The average Bonchev–Trinajstić information content (AvgIpc) is 2.43. The number of thioether (sulfide) groups is 1. The second-order valence-electron chi connectivity index (χ2n) is 4.37. The number of rotatable bonds is 6. The summed E-state index contributed by atoms with van der Waals surface area (Å²) in [5.41, 5.74) is 0.872. The largest absolute Gasteiger partial charge is 0.478 e. The first-order valence-electron chi connectivity index (χ1n) is 6.48. The second-order valence-corrected chi connectivity index (χ2v) is 5.42. The van der Waals surface area contributed by atoms with Crippen LogP contribution in [0.2, 0.25) is 0 Å². The number of hydrogen-bond donors (Lipinski definition) is 3. The van der Waals surface area contributed by atoms with E-state index in [-0.39, 0.29) is 11.3 Å². The van der Waals surface area contributed by atoms with E-state index in [0.717, 1.165) is 6.42 Å². The highest BCUT2D eigenvalue weighted by Gasteiger charge is 2.10. The molecule has 0 aliphatic heterocycles. The third-order valence-electron chi connectivity index (χ3n) is 2.60. The maximum atomic E-state index is 11.6. The molecule has 0 fully saturated rings. The molecule has 1 aromatic carbocycles. The number of aryl methyl sites for hydroxylation is 1. The van der Waals surface area contributed by atoms with Crippen LogP contribution in [0.3, 0.4) is 0 Å². The lowest BCUT2D eigenvalue weighted by Crippen LogP contribution is -2.40. The van der Waals surface area contributed by atoms with Crippen LogP contribution in [0, 0.1) is 6.92 Å². The van der Waals surface area contributed by atoms with Crippen molar-refractivity contribution in [3.8, 4) is 0 Å². The molecule has 1 rings (SSSR count). The van der Waals surface area contributed by atoms with Crippen molar-refractivity contribution in [2.24, 2.45) is 0 Å². The minimum Gasteiger partial charge on any atom is -0.478 e. The number of imide groups is 1. The number of aromatic carboxylic acids is 1. The maximum absolute atomic E-state index is 11.6. The zero-order valence-electron chi connectivity index (χ0n) is 11.9. The molecule has 0 aromatic heterocycles. The summed E-state index contributed by atoms with van der Waals surface area (Å²) < 4.78 is 0. The van der Waals surface area contributed by atoms with E-state index < -0.39 is 17.9 Å². The molecule has 0 saturated carbocycles. The van der Waals surface area contributed by atoms with E-state index in [1.165, 1.54) is 17.8 Å². The fraction of sp³-hybridized carbons (Fsp3) is 0.357. The summed E-state index contributed by atoms with van der Waals surface area (Å²) in [6, 6.07) is 4.44. The highest BCUT2D eigenvalue weighted by molar-refractivity contribution is 8.00. The minimum absolute atomic E-state index is 0.0433. The van der Waals surface area contributed by atoms with Gasteiger partial charge in [-0.15, -0.1) is 11.8 Å². The number of urea groups is 1. The molecule has 0 atom stereocenters. The number of carboxylic acids is 1. The van der Waals surface area contributed by atoms with Crippen molar-refractivity contribution in [2.45, 2.75) is 25.2 Å². The van der Waals surface area contributed by atoms with Crippen molar-refractivity contribution in [1.82, 2.24) is 10.6 Å². The minimum atomic E-state index is -1.00. The van der Waals surface area contributed by atoms with Gasteiger partial charge in [0.25, 0.3) is 0 Å². The van der Waals surface area contributed by atoms with Crippen LogP contribution >= 0.6 is 11.8 Å². The Morgan fingerprint density at radius 2 is 2.00 bits per heavy atom. The smallest absolute Gasteiger partial charge is 0.335 e. The number of amides is 3. The Kier molecular flexibility index (Phi) is 6.74. The van der Waals surface area contributed by atoms with Crippen LogP contribution in [-0.4, -0.2) is 35.3 Å². The third-order valence-corrected chi connectivity index (χ3v) is 3.59. The summed E-state index contributed by atoms with van der Waals surface area (Å²) in [4.78, 5) is 34.5. The zero-order valence-corrected chi connectivity index (χ0v) is 12.8. The average molecular weight is 310 g/mol. The molecule has 21 heavy (non-hydrogen) atoms. The number of carbonyl (C=O) groups is 3. The molecule has 3 amide bonds. The molecule has 0 radical (unpaired) electrons. The van der Waals surface area contributed by atoms with Gasteiger partial charge in [0.15, 0.2) is 0 Å².